The lowest BCUT2D eigenvalue weighted by Crippen LogP contribution is -2.26. The van der Waals surface area contributed by atoms with Crippen LogP contribution in [0.15, 0.2) is 42.5 Å². The number of rotatable bonds is 8. The van der Waals surface area contributed by atoms with Gasteiger partial charge in [0.25, 0.3) is 0 Å². The lowest BCUT2D eigenvalue weighted by Gasteiger charge is -2.08. The first-order chi connectivity index (χ1) is 11.6. The minimum atomic E-state index is 0.0296. The molecular weight excluding hydrogens is 361 g/mol. The quantitative estimate of drug-likeness (QED) is 0.629. The van der Waals surface area contributed by atoms with Crippen molar-refractivity contribution in [1.82, 2.24) is 5.32 Å². The number of nitrogens with one attached hydrogen (secondary N) is 1. The van der Waals surface area contributed by atoms with Crippen LogP contribution < -0.4 is 5.32 Å². The summed E-state index contributed by atoms with van der Waals surface area (Å²) >= 11 is 14.0. The molecule has 2 nitrogen and oxygen atoms in total. The maximum atomic E-state index is 11.9. The number of thioether (sulfide) groups is 1. The summed E-state index contributed by atoms with van der Waals surface area (Å²) in [6, 6.07) is 13.9. The van der Waals surface area contributed by atoms with Crippen LogP contribution >= 0.6 is 35.0 Å². The highest BCUT2D eigenvalue weighted by molar-refractivity contribution is 7.98. The summed E-state index contributed by atoms with van der Waals surface area (Å²) in [5.74, 6) is 1.89. The summed E-state index contributed by atoms with van der Waals surface area (Å²) in [5, 5.41) is 4.17. The van der Waals surface area contributed by atoms with Crippen molar-refractivity contribution in [3.8, 4) is 0 Å². The highest BCUT2D eigenvalue weighted by Crippen LogP contribution is 2.25. The van der Waals surface area contributed by atoms with Gasteiger partial charge in [0.05, 0.1) is 0 Å². The van der Waals surface area contributed by atoms with Crippen LogP contribution in [0.4, 0.5) is 0 Å². The number of amides is 1. The predicted octanol–water partition coefficient (Wildman–Crippen LogP) is 5.28. The van der Waals surface area contributed by atoms with E-state index in [1.807, 2.05) is 11.8 Å². The van der Waals surface area contributed by atoms with Crippen LogP contribution in [-0.2, 0) is 17.0 Å². The van der Waals surface area contributed by atoms with E-state index in [1.165, 1.54) is 11.1 Å². The second kappa shape index (κ2) is 9.97. The Morgan fingerprint density at radius 3 is 2.42 bits per heavy atom. The zero-order valence-electron chi connectivity index (χ0n) is 13.6. The molecule has 0 saturated heterocycles. The second-order valence-corrected chi connectivity index (χ2v) is 7.51. The monoisotopic (exact) mass is 381 g/mol. The molecule has 0 aliphatic heterocycles. The smallest absolute Gasteiger partial charge is 0.220 e. The van der Waals surface area contributed by atoms with Gasteiger partial charge in [0.1, 0.15) is 0 Å². The Bertz CT molecular complexity index is 653. The van der Waals surface area contributed by atoms with Gasteiger partial charge in [-0.25, -0.2) is 0 Å². The molecule has 0 aliphatic carbocycles. The van der Waals surface area contributed by atoms with Crippen molar-refractivity contribution >= 4 is 40.9 Å². The molecule has 5 heteroatoms. The summed E-state index contributed by atoms with van der Waals surface area (Å²) in [4.78, 5) is 11.9. The van der Waals surface area contributed by atoms with Crippen molar-refractivity contribution in [2.75, 3.05) is 12.3 Å². The Kier molecular flexibility index (Phi) is 7.97. The molecule has 2 aromatic rings. The number of halogens is 2. The highest BCUT2D eigenvalue weighted by Gasteiger charge is 2.08. The predicted molar refractivity (Wildman–Crippen MR) is 105 cm³/mol. The first-order valence-corrected chi connectivity index (χ1v) is 9.80. The molecule has 0 fully saturated rings. The third kappa shape index (κ3) is 6.39. The van der Waals surface area contributed by atoms with E-state index in [9.17, 15) is 4.79 Å². The Balaban J connectivity index is 1.62. The zero-order valence-corrected chi connectivity index (χ0v) is 16.0. The molecule has 0 aliphatic rings. The minimum Gasteiger partial charge on any atom is -0.355 e. The number of aryl methyl sites for hydroxylation is 1. The van der Waals surface area contributed by atoms with E-state index in [0.29, 0.717) is 29.4 Å². The van der Waals surface area contributed by atoms with Crippen molar-refractivity contribution in [2.24, 2.45) is 0 Å². The first-order valence-electron chi connectivity index (χ1n) is 7.89. The summed E-state index contributed by atoms with van der Waals surface area (Å²) < 4.78 is 0. The van der Waals surface area contributed by atoms with E-state index in [2.05, 4.69) is 36.5 Å². The maximum Gasteiger partial charge on any atom is 0.220 e. The summed E-state index contributed by atoms with van der Waals surface area (Å²) in [6.45, 7) is 2.76. The molecule has 128 valence electrons. The van der Waals surface area contributed by atoms with Crippen molar-refractivity contribution < 1.29 is 4.79 Å². The van der Waals surface area contributed by atoms with Gasteiger partial charge in [-0.1, -0.05) is 59.1 Å². The first kappa shape index (κ1) is 19.2. The molecule has 0 saturated carbocycles. The Hall–Kier alpha value is -1.16. The van der Waals surface area contributed by atoms with Crippen molar-refractivity contribution in [2.45, 2.75) is 25.5 Å². The fourth-order valence-corrected chi connectivity index (χ4v) is 3.64. The molecule has 2 rings (SSSR count). The molecule has 24 heavy (non-hydrogen) atoms. The van der Waals surface area contributed by atoms with Gasteiger partial charge in [0, 0.05) is 34.5 Å². The Labute approximate surface area is 157 Å². The van der Waals surface area contributed by atoms with Crippen LogP contribution in [0, 0.1) is 6.92 Å². The molecule has 0 radical (unpaired) electrons. The summed E-state index contributed by atoms with van der Waals surface area (Å²) in [5.41, 5.74) is 3.42. The normalized spacial score (nSPS) is 10.6. The fraction of sp³-hybridized carbons (Fsp3) is 0.316. The fourth-order valence-electron chi connectivity index (χ4n) is 2.24. The lowest BCUT2D eigenvalue weighted by atomic mass is 10.1. The van der Waals surface area contributed by atoms with Crippen LogP contribution in [0.5, 0.6) is 0 Å². The van der Waals surface area contributed by atoms with Gasteiger partial charge < -0.3 is 5.32 Å². The molecule has 0 bridgehead atoms. The number of carbonyl (C=O) groups is 1. The largest absolute Gasteiger partial charge is 0.355 e. The topological polar surface area (TPSA) is 29.1 Å². The Morgan fingerprint density at radius 2 is 1.75 bits per heavy atom. The van der Waals surface area contributed by atoms with Crippen LogP contribution in [0.3, 0.4) is 0 Å². The molecule has 0 heterocycles. The number of hydrogen-bond acceptors (Lipinski definition) is 2. The van der Waals surface area contributed by atoms with Gasteiger partial charge in [-0.15, -0.1) is 0 Å². The van der Waals surface area contributed by atoms with E-state index in [4.69, 9.17) is 23.2 Å². The molecule has 1 amide bonds. The second-order valence-electron chi connectivity index (χ2n) is 5.59. The van der Waals surface area contributed by atoms with Gasteiger partial charge in [-0.05, 0) is 36.6 Å². The van der Waals surface area contributed by atoms with E-state index in [0.717, 1.165) is 17.1 Å². The van der Waals surface area contributed by atoms with Crippen LogP contribution in [0.1, 0.15) is 23.1 Å². The van der Waals surface area contributed by atoms with Crippen molar-refractivity contribution in [3.63, 3.8) is 0 Å². The molecule has 0 spiro atoms. The standard InChI is InChI=1S/C19H21Cl2NOS/c1-14-5-7-15(8-6-14)13-24-12-11-22-19(23)10-9-16-17(20)3-2-4-18(16)21/h2-8H,9-13H2,1H3,(H,22,23). The number of carbonyl (C=O) groups excluding carboxylic acids is 1. The van der Waals surface area contributed by atoms with Crippen LogP contribution in [0.25, 0.3) is 0 Å². The highest BCUT2D eigenvalue weighted by atomic mass is 35.5. The van der Waals surface area contributed by atoms with Crippen LogP contribution in [-0.4, -0.2) is 18.2 Å². The SMILES string of the molecule is Cc1ccc(CSCCNC(=O)CCc2c(Cl)cccc2Cl)cc1. The van der Waals surface area contributed by atoms with Crippen LogP contribution in [0.2, 0.25) is 10.0 Å². The average Bonchev–Trinajstić information content (AvgIpc) is 2.56. The van der Waals surface area contributed by atoms with Gasteiger partial charge in [0.2, 0.25) is 5.91 Å². The van der Waals surface area contributed by atoms with Gasteiger partial charge in [-0.2, -0.15) is 11.8 Å². The van der Waals surface area contributed by atoms with E-state index in [1.54, 1.807) is 18.2 Å². The molecule has 1 N–H and O–H groups in total. The summed E-state index contributed by atoms with van der Waals surface area (Å²) in [6.07, 6.45) is 0.951. The van der Waals surface area contributed by atoms with E-state index < -0.39 is 0 Å². The molecular formula is C19H21Cl2NOS. The van der Waals surface area contributed by atoms with Gasteiger partial charge in [-0.3, -0.25) is 4.79 Å². The van der Waals surface area contributed by atoms with E-state index in [-0.39, 0.29) is 5.91 Å². The molecule has 2 aromatic carbocycles. The van der Waals surface area contributed by atoms with Gasteiger partial charge >= 0.3 is 0 Å². The third-order valence-electron chi connectivity index (χ3n) is 3.62. The lowest BCUT2D eigenvalue weighted by molar-refractivity contribution is -0.120. The average molecular weight is 382 g/mol. The number of hydrogen-bond donors (Lipinski definition) is 1. The maximum absolute atomic E-state index is 11.9. The van der Waals surface area contributed by atoms with Crippen molar-refractivity contribution in [3.05, 3.63) is 69.2 Å². The number of benzene rings is 2. The molecule has 0 aromatic heterocycles. The van der Waals surface area contributed by atoms with Crippen molar-refractivity contribution in [1.29, 1.82) is 0 Å². The summed E-state index contributed by atoms with van der Waals surface area (Å²) in [7, 11) is 0. The third-order valence-corrected chi connectivity index (χ3v) is 5.36. The van der Waals surface area contributed by atoms with E-state index >= 15 is 0 Å². The minimum absolute atomic E-state index is 0.0296. The van der Waals surface area contributed by atoms with Gasteiger partial charge in [0.15, 0.2) is 0 Å². The Morgan fingerprint density at radius 1 is 1.08 bits per heavy atom. The molecule has 0 unspecified atom stereocenters. The zero-order chi connectivity index (χ0) is 17.4. The molecule has 0 atom stereocenters.